The lowest BCUT2D eigenvalue weighted by molar-refractivity contribution is -0.181. The second kappa shape index (κ2) is 11.3. The van der Waals surface area contributed by atoms with Gasteiger partial charge in [-0.05, 0) is 11.1 Å². The first-order valence-electron chi connectivity index (χ1n) is 9.26. The number of nitrogens with zero attached hydrogens (tertiary/aromatic N) is 1. The Hall–Kier alpha value is -3.92. The zero-order valence-electron chi connectivity index (χ0n) is 16.6. The van der Waals surface area contributed by atoms with Crippen molar-refractivity contribution in [1.29, 1.82) is 0 Å². The van der Waals surface area contributed by atoms with E-state index in [2.05, 4.69) is 10.3 Å². The number of alkyl carbamates (subject to hydrolysis) is 1. The Kier molecular flexibility index (Phi) is 8.52. The third-order valence-electron chi connectivity index (χ3n) is 4.10. The number of carbonyl (C=O) groups excluding carboxylic acids is 2. The van der Waals surface area contributed by atoms with E-state index in [1.54, 1.807) is 54.6 Å². The van der Waals surface area contributed by atoms with Gasteiger partial charge in [-0.1, -0.05) is 60.7 Å². The number of aliphatic imine (C=N–C) groups is 1. The highest BCUT2D eigenvalue weighted by atomic mass is 16.6. The van der Waals surface area contributed by atoms with Crippen LogP contribution in [0.15, 0.2) is 65.7 Å². The van der Waals surface area contributed by atoms with Gasteiger partial charge < -0.3 is 25.4 Å². The summed E-state index contributed by atoms with van der Waals surface area (Å²) in [6.45, 7) is -0.546. The SMILES string of the molecule is NC(=NCC[C@](O)(C(=O)O)C(=O)OCc1ccccc1)NC(=O)OCc1ccccc1. The summed E-state index contributed by atoms with van der Waals surface area (Å²) < 4.78 is 9.88. The molecule has 0 saturated carbocycles. The number of hydrogen-bond donors (Lipinski definition) is 4. The zero-order chi connectivity index (χ0) is 22.7. The molecule has 0 aliphatic heterocycles. The van der Waals surface area contributed by atoms with Crippen LogP contribution in [0.5, 0.6) is 0 Å². The summed E-state index contributed by atoms with van der Waals surface area (Å²) in [7, 11) is 0. The van der Waals surface area contributed by atoms with Gasteiger partial charge in [0.05, 0.1) is 0 Å². The van der Waals surface area contributed by atoms with Crippen molar-refractivity contribution in [2.24, 2.45) is 10.7 Å². The first kappa shape index (κ1) is 23.4. The van der Waals surface area contributed by atoms with E-state index < -0.39 is 30.1 Å². The molecule has 0 aliphatic carbocycles. The van der Waals surface area contributed by atoms with Crippen LogP contribution in [0.4, 0.5) is 4.79 Å². The molecule has 0 aromatic heterocycles. The van der Waals surface area contributed by atoms with Crippen LogP contribution in [-0.4, -0.2) is 46.4 Å². The summed E-state index contributed by atoms with van der Waals surface area (Å²) in [6, 6.07) is 17.5. The molecule has 0 spiro atoms. The Morgan fingerprint density at radius 2 is 1.45 bits per heavy atom. The van der Waals surface area contributed by atoms with E-state index in [-0.39, 0.29) is 25.7 Å². The minimum Gasteiger partial charge on any atom is -0.479 e. The Morgan fingerprint density at radius 3 is 1.97 bits per heavy atom. The van der Waals surface area contributed by atoms with Crippen LogP contribution in [0.2, 0.25) is 0 Å². The fourth-order valence-electron chi connectivity index (χ4n) is 2.38. The first-order chi connectivity index (χ1) is 14.8. The van der Waals surface area contributed by atoms with E-state index in [9.17, 15) is 24.6 Å². The van der Waals surface area contributed by atoms with Gasteiger partial charge >= 0.3 is 18.0 Å². The molecule has 31 heavy (non-hydrogen) atoms. The van der Waals surface area contributed by atoms with Crippen LogP contribution in [0.25, 0.3) is 0 Å². The van der Waals surface area contributed by atoms with E-state index >= 15 is 0 Å². The summed E-state index contributed by atoms with van der Waals surface area (Å²) in [4.78, 5) is 39.0. The number of amides is 1. The zero-order valence-corrected chi connectivity index (χ0v) is 16.6. The van der Waals surface area contributed by atoms with E-state index in [4.69, 9.17) is 15.2 Å². The van der Waals surface area contributed by atoms with Crippen LogP contribution in [0.1, 0.15) is 17.5 Å². The van der Waals surface area contributed by atoms with Crippen LogP contribution >= 0.6 is 0 Å². The number of carbonyl (C=O) groups is 3. The Bertz CT molecular complexity index is 919. The number of carboxylic acid groups (broad SMARTS) is 1. The number of rotatable bonds is 9. The van der Waals surface area contributed by atoms with Crippen LogP contribution in [0, 0.1) is 0 Å². The number of guanidine groups is 1. The number of aliphatic hydroxyl groups is 1. The molecular weight excluding hydrogens is 406 g/mol. The lowest BCUT2D eigenvalue weighted by Crippen LogP contribution is -2.48. The van der Waals surface area contributed by atoms with Gasteiger partial charge in [0, 0.05) is 13.0 Å². The molecule has 5 N–H and O–H groups in total. The van der Waals surface area contributed by atoms with Crippen molar-refractivity contribution in [2.45, 2.75) is 25.2 Å². The Labute approximate surface area is 178 Å². The average Bonchev–Trinajstić information content (AvgIpc) is 2.77. The van der Waals surface area contributed by atoms with E-state index in [1.807, 2.05) is 6.07 Å². The third kappa shape index (κ3) is 7.44. The second-order valence-electron chi connectivity index (χ2n) is 6.43. The topological polar surface area (TPSA) is 161 Å². The number of ether oxygens (including phenoxy) is 2. The van der Waals surface area contributed by atoms with Crippen molar-refractivity contribution in [3.8, 4) is 0 Å². The predicted molar refractivity (Wildman–Crippen MR) is 110 cm³/mol. The van der Waals surface area contributed by atoms with Gasteiger partial charge in [-0.15, -0.1) is 0 Å². The minimum absolute atomic E-state index is 0.0198. The molecule has 0 saturated heterocycles. The molecular formula is C21H23N3O7. The number of aliphatic carboxylic acids is 1. The highest BCUT2D eigenvalue weighted by molar-refractivity contribution is 6.02. The predicted octanol–water partition coefficient (Wildman–Crippen LogP) is 1.18. The molecule has 0 radical (unpaired) electrons. The number of carboxylic acids is 1. The van der Waals surface area contributed by atoms with E-state index in [1.165, 1.54) is 0 Å². The molecule has 164 valence electrons. The van der Waals surface area contributed by atoms with Gasteiger partial charge in [-0.25, -0.2) is 14.4 Å². The van der Waals surface area contributed by atoms with Gasteiger partial charge in [0.2, 0.25) is 0 Å². The highest BCUT2D eigenvalue weighted by Crippen LogP contribution is 2.15. The molecule has 1 atom stereocenters. The van der Waals surface area contributed by atoms with Gasteiger partial charge in [-0.2, -0.15) is 0 Å². The van der Waals surface area contributed by atoms with Gasteiger partial charge in [-0.3, -0.25) is 10.3 Å². The molecule has 1 amide bonds. The van der Waals surface area contributed by atoms with Crippen molar-refractivity contribution >= 4 is 24.0 Å². The maximum Gasteiger partial charge on any atom is 0.414 e. The number of esters is 1. The molecule has 2 aromatic rings. The lowest BCUT2D eigenvalue weighted by Gasteiger charge is -2.20. The van der Waals surface area contributed by atoms with Crippen molar-refractivity contribution in [1.82, 2.24) is 5.32 Å². The molecule has 10 heteroatoms. The smallest absolute Gasteiger partial charge is 0.414 e. The molecule has 0 bridgehead atoms. The fraction of sp³-hybridized carbons (Fsp3) is 0.238. The quantitative estimate of drug-likeness (QED) is 0.200. The normalized spacial score (nSPS) is 13.0. The lowest BCUT2D eigenvalue weighted by atomic mass is 10.0. The molecule has 0 heterocycles. The largest absolute Gasteiger partial charge is 0.479 e. The summed E-state index contributed by atoms with van der Waals surface area (Å²) in [5.41, 5.74) is 4.14. The van der Waals surface area contributed by atoms with E-state index in [0.29, 0.717) is 5.56 Å². The average molecular weight is 429 g/mol. The van der Waals surface area contributed by atoms with Gasteiger partial charge in [0.15, 0.2) is 5.96 Å². The van der Waals surface area contributed by atoms with Crippen molar-refractivity contribution < 1.29 is 34.1 Å². The Morgan fingerprint density at radius 1 is 0.935 bits per heavy atom. The van der Waals surface area contributed by atoms with Gasteiger partial charge in [0.1, 0.15) is 13.2 Å². The van der Waals surface area contributed by atoms with Crippen molar-refractivity contribution in [2.75, 3.05) is 6.54 Å². The highest BCUT2D eigenvalue weighted by Gasteiger charge is 2.45. The van der Waals surface area contributed by atoms with Crippen LogP contribution < -0.4 is 11.1 Å². The second-order valence-corrected chi connectivity index (χ2v) is 6.43. The van der Waals surface area contributed by atoms with Gasteiger partial charge in [0.25, 0.3) is 5.60 Å². The number of nitrogens with two attached hydrogens (primary N) is 1. The molecule has 0 unspecified atom stereocenters. The third-order valence-corrected chi connectivity index (χ3v) is 4.10. The monoisotopic (exact) mass is 429 g/mol. The maximum atomic E-state index is 12.1. The van der Waals surface area contributed by atoms with E-state index in [0.717, 1.165) is 5.56 Å². The van der Waals surface area contributed by atoms with Crippen molar-refractivity contribution in [3.63, 3.8) is 0 Å². The molecule has 0 fully saturated rings. The summed E-state index contributed by atoms with van der Waals surface area (Å²) in [6.07, 6.45) is -1.47. The summed E-state index contributed by atoms with van der Waals surface area (Å²) in [5.74, 6) is -3.47. The first-order valence-corrected chi connectivity index (χ1v) is 9.26. The van der Waals surface area contributed by atoms with Crippen LogP contribution in [-0.2, 0) is 32.3 Å². The molecule has 0 aliphatic rings. The Balaban J connectivity index is 1.83. The molecule has 10 nitrogen and oxygen atoms in total. The molecule has 2 rings (SSSR count). The summed E-state index contributed by atoms with van der Waals surface area (Å²) >= 11 is 0. The fourth-order valence-corrected chi connectivity index (χ4v) is 2.38. The number of nitrogens with one attached hydrogen (secondary N) is 1. The number of hydrogen-bond acceptors (Lipinski definition) is 7. The minimum atomic E-state index is -2.81. The molecule has 2 aromatic carbocycles. The van der Waals surface area contributed by atoms with Crippen LogP contribution in [0.3, 0.4) is 0 Å². The standard InChI is InChI=1S/C21H23N3O7/c22-19(24-20(28)31-14-16-9-5-2-6-10-16)23-12-11-21(29,17(25)26)18(27)30-13-15-7-3-1-4-8-15/h1-10,29H,11-14H2,(H,25,26)(H3,22,23,24,28)/t21-/m0/s1. The van der Waals surface area contributed by atoms with Crippen molar-refractivity contribution in [3.05, 3.63) is 71.8 Å². The maximum absolute atomic E-state index is 12.1. The number of benzene rings is 2. The summed E-state index contributed by atoms with van der Waals surface area (Å²) in [5, 5.41) is 21.7.